The lowest BCUT2D eigenvalue weighted by Crippen LogP contribution is -2.09. The van der Waals surface area contributed by atoms with Gasteiger partial charge >= 0.3 is 50.6 Å². The van der Waals surface area contributed by atoms with Crippen molar-refractivity contribution in [3.63, 3.8) is 0 Å². The van der Waals surface area contributed by atoms with E-state index in [4.69, 9.17) is 82.4 Å². The SMILES string of the molecule is COc1cccc2c1oc(=O)c1cc3c(cc12)c(=O)oc1c(OC)c2c(oc(=O)c4cc5c(cc42)c(=O)oc2c(OC)c4c(oc(=O)c6cc7c(cc64)c(=O)oc4c(OC)c6c(oc(=O)c8cc9c(cc86)c(=O)oc6c(OC)c8c(oc(=O)c%10ccccc%108)c(OC)c69)c(OC)c47)c(OC)c25)c(OC)c13. The van der Waals surface area contributed by atoms with Gasteiger partial charge in [0.15, 0.2) is 102 Å². The summed E-state index contributed by atoms with van der Waals surface area (Å²) in [5.41, 5.74) is -9.50. The van der Waals surface area contributed by atoms with Crippen LogP contribution in [0.2, 0.25) is 0 Å². The van der Waals surface area contributed by atoms with Gasteiger partial charge in [0.05, 0.1) is 156 Å². The first kappa shape index (κ1) is 61.7. The van der Waals surface area contributed by atoms with Gasteiger partial charge in [-0.3, -0.25) is 0 Å². The van der Waals surface area contributed by atoms with E-state index in [1.54, 1.807) is 42.5 Å². The third kappa shape index (κ3) is 7.82. The molecule has 27 nitrogen and oxygen atoms in total. The Morgan fingerprint density at radius 1 is 0.181 bits per heavy atom. The first-order chi connectivity index (χ1) is 50.9. The van der Waals surface area contributed by atoms with Crippen LogP contribution in [0.3, 0.4) is 0 Å². The normalized spacial score (nSPS) is 12.2. The predicted molar refractivity (Wildman–Crippen MR) is 387 cm³/mol. The highest BCUT2D eigenvalue weighted by molar-refractivity contribution is 6.31. The fourth-order valence-electron chi connectivity index (χ4n) is 15.6. The van der Waals surface area contributed by atoms with Gasteiger partial charge in [0, 0.05) is 53.9 Å². The zero-order valence-corrected chi connectivity index (χ0v) is 55.7. The van der Waals surface area contributed by atoms with Gasteiger partial charge in [0.2, 0.25) is 0 Å². The quantitative estimate of drug-likeness (QED) is 0.0736. The number of rotatable bonds is 9. The standard InChI is InChI=1S/C78H42O27/c1-88-44-16-12-15-26-28-17-37-29(18-36(28)71(80)97-53(26)44)46-56(91-4)65-48(57(92-5)64(46)100-72(37)81)32-21-41-33(22-40(32)75(84)101-65)50-60(95-8)69-52(61(96-9)68(50)104-76(41)85)35-24-42-34(23-43(35)78(87)105-69)51-59(94-7)66-49(58(93-6)67(51)103-77(42)86)31-20-38-30(19-39(31)74(83)102-66)47-55(90-3)62-45(54(89-2)63(47)99-73(38)82)25-13-10-11-14-27(25)70(79)98-62/h10-24H,1-9H3. The van der Waals surface area contributed by atoms with Crippen molar-refractivity contribution in [3.05, 3.63) is 185 Å². The van der Waals surface area contributed by atoms with Crippen LogP contribution in [0.4, 0.5) is 0 Å². The van der Waals surface area contributed by atoms with E-state index < -0.39 is 50.6 Å². The predicted octanol–water partition coefficient (Wildman–Crippen LogP) is 13.1. The molecule has 9 aromatic heterocycles. The Balaban J connectivity index is 0.832. The van der Waals surface area contributed by atoms with E-state index >= 15 is 0 Å². The van der Waals surface area contributed by atoms with Gasteiger partial charge in [0.1, 0.15) is 0 Å². The van der Waals surface area contributed by atoms with Crippen molar-refractivity contribution in [2.75, 3.05) is 64.0 Å². The second-order valence-corrected chi connectivity index (χ2v) is 24.6. The molecule has 0 bridgehead atoms. The van der Waals surface area contributed by atoms with Crippen molar-refractivity contribution in [3.8, 4) is 51.7 Å². The Labute approximate surface area is 576 Å². The largest absolute Gasteiger partial charge is 0.493 e. The molecule has 0 radical (unpaired) electrons. The summed E-state index contributed by atoms with van der Waals surface area (Å²) in [6, 6.07) is 22.6. The molecule has 0 saturated heterocycles. The topological polar surface area (TPSA) is 355 Å². The Bertz CT molecular complexity index is 8040. The molecule has 516 valence electrons. The molecule has 0 unspecified atom stereocenters. The molecule has 0 atom stereocenters. The number of hydrogen-bond acceptors (Lipinski definition) is 27. The molecule has 27 heteroatoms. The van der Waals surface area contributed by atoms with Crippen molar-refractivity contribution in [2.24, 2.45) is 0 Å². The third-order valence-corrected chi connectivity index (χ3v) is 19.8. The molecule has 0 amide bonds. The molecule has 9 heterocycles. The van der Waals surface area contributed by atoms with E-state index in [0.717, 1.165) is 0 Å². The van der Waals surface area contributed by atoms with Crippen LogP contribution in [0.1, 0.15) is 0 Å². The highest BCUT2D eigenvalue weighted by Gasteiger charge is 2.34. The molecule has 19 aromatic rings. The average Bonchev–Trinajstić information content (AvgIpc) is 0.690. The summed E-state index contributed by atoms with van der Waals surface area (Å²) < 4.78 is 108. The van der Waals surface area contributed by atoms with Gasteiger partial charge in [-0.2, -0.15) is 0 Å². The van der Waals surface area contributed by atoms with E-state index in [-0.39, 0.29) is 231 Å². The van der Waals surface area contributed by atoms with Crippen molar-refractivity contribution in [1.82, 2.24) is 0 Å². The van der Waals surface area contributed by atoms with Crippen LogP contribution >= 0.6 is 0 Å². The molecular weight excluding hydrogens is 1370 g/mol. The summed E-state index contributed by atoms with van der Waals surface area (Å²) in [5.74, 6) is -0.743. The van der Waals surface area contributed by atoms with E-state index in [0.29, 0.717) is 16.2 Å². The molecule has 105 heavy (non-hydrogen) atoms. The van der Waals surface area contributed by atoms with Gasteiger partial charge in [0.25, 0.3) is 0 Å². The van der Waals surface area contributed by atoms with Crippen molar-refractivity contribution >= 4 is 196 Å². The minimum Gasteiger partial charge on any atom is -0.493 e. The van der Waals surface area contributed by atoms with Crippen LogP contribution in [0.25, 0.3) is 196 Å². The Hall–Kier alpha value is -14.4. The Kier molecular flexibility index (Phi) is 12.7. The molecule has 0 fully saturated rings. The maximum absolute atomic E-state index is 14.9. The summed E-state index contributed by atoms with van der Waals surface area (Å²) >= 11 is 0. The minimum atomic E-state index is -1.00. The highest BCUT2D eigenvalue weighted by atomic mass is 16.5. The third-order valence-electron chi connectivity index (χ3n) is 19.8. The average molecular weight is 1410 g/mol. The van der Waals surface area contributed by atoms with Gasteiger partial charge in [-0.25, -0.2) is 43.2 Å². The summed E-state index contributed by atoms with van der Waals surface area (Å²) in [6.45, 7) is 0. The van der Waals surface area contributed by atoms with Gasteiger partial charge in [-0.1, -0.05) is 30.3 Å². The number of methoxy groups -OCH3 is 9. The second kappa shape index (κ2) is 21.6. The minimum absolute atomic E-state index is 0.00276. The summed E-state index contributed by atoms with van der Waals surface area (Å²) in [4.78, 5) is 130. The van der Waals surface area contributed by atoms with Crippen molar-refractivity contribution in [1.29, 1.82) is 0 Å². The molecular formula is C78H42O27. The maximum atomic E-state index is 14.9. The Morgan fingerprint density at radius 2 is 0.371 bits per heavy atom. The lowest BCUT2D eigenvalue weighted by molar-refractivity contribution is 0.400. The lowest BCUT2D eigenvalue weighted by Gasteiger charge is -2.18. The molecule has 0 aliphatic rings. The molecule has 0 saturated carbocycles. The number of para-hydroxylation sites is 1. The fourth-order valence-corrected chi connectivity index (χ4v) is 15.6. The lowest BCUT2D eigenvalue weighted by atomic mass is 9.95. The van der Waals surface area contributed by atoms with Crippen molar-refractivity contribution < 1.29 is 82.4 Å². The first-order valence-electron chi connectivity index (χ1n) is 31.7. The summed E-state index contributed by atoms with van der Waals surface area (Å²) in [6.07, 6.45) is 0. The Morgan fingerprint density at radius 3 is 0.610 bits per heavy atom. The van der Waals surface area contributed by atoms with Crippen LogP contribution in [0, 0.1) is 0 Å². The molecule has 0 aliphatic heterocycles. The number of hydrogen-bond donors (Lipinski definition) is 0. The van der Waals surface area contributed by atoms with Gasteiger partial charge in [-0.15, -0.1) is 0 Å². The zero-order valence-electron chi connectivity index (χ0n) is 55.7. The molecule has 0 spiro atoms. The molecule has 0 N–H and O–H groups in total. The zero-order chi connectivity index (χ0) is 72.5. The van der Waals surface area contributed by atoms with E-state index in [9.17, 15) is 43.2 Å². The smallest absolute Gasteiger partial charge is 0.344 e. The van der Waals surface area contributed by atoms with Gasteiger partial charge in [-0.05, 0) is 60.7 Å². The van der Waals surface area contributed by atoms with E-state index in [1.807, 2.05) is 0 Å². The number of benzene rings is 10. The van der Waals surface area contributed by atoms with E-state index in [2.05, 4.69) is 0 Å². The summed E-state index contributed by atoms with van der Waals surface area (Å²) in [5, 5.41) is 1.28. The number of fused-ring (bicyclic) bond motifs is 27. The monoisotopic (exact) mass is 1410 g/mol. The molecule has 10 aromatic carbocycles. The van der Waals surface area contributed by atoms with Crippen LogP contribution in [-0.4, -0.2) is 64.0 Å². The highest BCUT2D eigenvalue weighted by Crippen LogP contribution is 2.54. The van der Waals surface area contributed by atoms with Crippen LogP contribution in [0.15, 0.2) is 174 Å². The maximum Gasteiger partial charge on any atom is 0.344 e. The molecule has 19 rings (SSSR count). The van der Waals surface area contributed by atoms with Crippen LogP contribution < -0.4 is 93.3 Å². The first-order valence-corrected chi connectivity index (χ1v) is 31.7. The van der Waals surface area contributed by atoms with Crippen LogP contribution in [0.5, 0.6) is 51.7 Å². The second-order valence-electron chi connectivity index (χ2n) is 24.6. The van der Waals surface area contributed by atoms with Gasteiger partial charge < -0.3 is 82.4 Å². The van der Waals surface area contributed by atoms with E-state index in [1.165, 1.54) is 113 Å². The fraction of sp³-hybridized carbons (Fsp3) is 0.115. The number of ether oxygens (including phenoxy) is 9. The molecule has 0 aliphatic carbocycles. The van der Waals surface area contributed by atoms with Crippen molar-refractivity contribution in [2.45, 2.75) is 0 Å². The summed E-state index contributed by atoms with van der Waals surface area (Å²) in [7, 11) is 11.7. The van der Waals surface area contributed by atoms with Crippen LogP contribution in [-0.2, 0) is 0 Å².